The monoisotopic (exact) mass is 277 g/mol. The normalized spacial score (nSPS) is 10.1. The Balaban J connectivity index is 2.09. The summed E-state index contributed by atoms with van der Waals surface area (Å²) in [5.74, 6) is -0.263. The highest BCUT2D eigenvalue weighted by molar-refractivity contribution is 5.84. The fourth-order valence-electron chi connectivity index (χ4n) is 1.73. The quantitative estimate of drug-likeness (QED) is 0.587. The lowest BCUT2D eigenvalue weighted by molar-refractivity contribution is -0.126. The summed E-state index contributed by atoms with van der Waals surface area (Å²) < 4.78 is 0. The molecule has 1 aromatic rings. The van der Waals surface area contributed by atoms with Gasteiger partial charge in [0.05, 0.1) is 6.54 Å². The fraction of sp³-hybridized carbons (Fsp3) is 0.467. The Kier molecular flexibility index (Phi) is 8.07. The van der Waals surface area contributed by atoms with Gasteiger partial charge in [-0.2, -0.15) is 0 Å². The van der Waals surface area contributed by atoms with Crippen LogP contribution in [0.25, 0.3) is 0 Å². The Bertz CT molecular complexity index is 407. The Morgan fingerprint density at radius 1 is 0.950 bits per heavy atom. The first-order valence-electron chi connectivity index (χ1n) is 6.99. The molecule has 0 aromatic heterocycles. The van der Waals surface area contributed by atoms with Gasteiger partial charge in [0.2, 0.25) is 11.8 Å². The predicted molar refractivity (Wildman–Crippen MR) is 78.8 cm³/mol. The largest absolute Gasteiger partial charge is 0.350 e. The third-order valence-electron chi connectivity index (χ3n) is 2.89. The first-order valence-corrected chi connectivity index (χ1v) is 6.99. The van der Waals surface area contributed by atoms with Crippen molar-refractivity contribution >= 4 is 11.8 Å². The number of rotatable bonds is 9. The lowest BCUT2D eigenvalue weighted by Crippen LogP contribution is -2.36. The SMILES string of the molecule is NCCCCCC(=O)NCC(=O)NCc1ccccc1. The van der Waals surface area contributed by atoms with Crippen LogP contribution in [-0.4, -0.2) is 24.9 Å². The second-order valence-electron chi connectivity index (χ2n) is 4.64. The molecular formula is C15H23N3O2. The molecule has 0 radical (unpaired) electrons. The molecule has 1 rings (SSSR count). The van der Waals surface area contributed by atoms with E-state index in [4.69, 9.17) is 5.73 Å². The van der Waals surface area contributed by atoms with Crippen LogP contribution in [0.5, 0.6) is 0 Å². The van der Waals surface area contributed by atoms with E-state index in [9.17, 15) is 9.59 Å². The van der Waals surface area contributed by atoms with Crippen LogP contribution < -0.4 is 16.4 Å². The van der Waals surface area contributed by atoms with Crippen molar-refractivity contribution in [1.29, 1.82) is 0 Å². The minimum Gasteiger partial charge on any atom is -0.350 e. The van der Waals surface area contributed by atoms with Crippen LogP contribution in [0.15, 0.2) is 30.3 Å². The zero-order valence-corrected chi connectivity index (χ0v) is 11.7. The molecule has 0 saturated heterocycles. The second kappa shape index (κ2) is 9.97. The predicted octanol–water partition coefficient (Wildman–Crippen LogP) is 0.938. The number of amides is 2. The molecule has 1 aromatic carbocycles. The summed E-state index contributed by atoms with van der Waals surface area (Å²) in [4.78, 5) is 23.0. The maximum Gasteiger partial charge on any atom is 0.239 e. The standard InChI is InChI=1S/C15H23N3O2/c16-10-6-2-5-9-14(19)18-12-15(20)17-11-13-7-3-1-4-8-13/h1,3-4,7-8H,2,5-6,9-12,16H2,(H,17,20)(H,18,19). The molecule has 110 valence electrons. The molecule has 0 bridgehead atoms. The summed E-state index contributed by atoms with van der Waals surface area (Å²) in [6, 6.07) is 9.65. The molecule has 4 N–H and O–H groups in total. The number of nitrogens with one attached hydrogen (secondary N) is 2. The molecular weight excluding hydrogens is 254 g/mol. The molecule has 0 unspecified atom stereocenters. The highest BCUT2D eigenvalue weighted by atomic mass is 16.2. The Labute approximate surface area is 119 Å². The van der Waals surface area contributed by atoms with Gasteiger partial charge in [0, 0.05) is 13.0 Å². The molecule has 0 fully saturated rings. The molecule has 0 atom stereocenters. The van der Waals surface area contributed by atoms with Gasteiger partial charge in [0.25, 0.3) is 0 Å². The molecule has 2 amide bonds. The maximum absolute atomic E-state index is 11.6. The summed E-state index contributed by atoms with van der Waals surface area (Å²) in [7, 11) is 0. The van der Waals surface area contributed by atoms with E-state index in [1.807, 2.05) is 30.3 Å². The number of carbonyl (C=O) groups excluding carboxylic acids is 2. The van der Waals surface area contributed by atoms with Gasteiger partial charge < -0.3 is 16.4 Å². The number of carbonyl (C=O) groups is 2. The van der Waals surface area contributed by atoms with Crippen molar-refractivity contribution in [2.45, 2.75) is 32.2 Å². The zero-order valence-electron chi connectivity index (χ0n) is 11.7. The van der Waals surface area contributed by atoms with E-state index >= 15 is 0 Å². The van der Waals surface area contributed by atoms with E-state index in [-0.39, 0.29) is 18.4 Å². The van der Waals surface area contributed by atoms with Crippen LogP contribution in [-0.2, 0) is 16.1 Å². The first kappa shape index (κ1) is 16.2. The lowest BCUT2D eigenvalue weighted by atomic mass is 10.2. The maximum atomic E-state index is 11.6. The zero-order chi connectivity index (χ0) is 14.6. The van der Waals surface area contributed by atoms with Gasteiger partial charge in [-0.15, -0.1) is 0 Å². The van der Waals surface area contributed by atoms with Crippen molar-refractivity contribution in [3.8, 4) is 0 Å². The third-order valence-corrected chi connectivity index (χ3v) is 2.89. The highest BCUT2D eigenvalue weighted by Crippen LogP contribution is 1.98. The molecule has 0 heterocycles. The first-order chi connectivity index (χ1) is 9.72. The average molecular weight is 277 g/mol. The van der Waals surface area contributed by atoms with Crippen molar-refractivity contribution in [3.63, 3.8) is 0 Å². The summed E-state index contributed by atoms with van der Waals surface area (Å²) >= 11 is 0. The number of unbranched alkanes of at least 4 members (excludes halogenated alkanes) is 2. The number of hydrogen-bond donors (Lipinski definition) is 3. The number of hydrogen-bond acceptors (Lipinski definition) is 3. The van der Waals surface area contributed by atoms with Gasteiger partial charge in [-0.05, 0) is 24.9 Å². The molecule has 5 nitrogen and oxygen atoms in total. The smallest absolute Gasteiger partial charge is 0.239 e. The molecule has 0 saturated carbocycles. The van der Waals surface area contributed by atoms with Gasteiger partial charge in [0.1, 0.15) is 0 Å². The summed E-state index contributed by atoms with van der Waals surface area (Å²) in [5, 5.41) is 5.37. The van der Waals surface area contributed by atoms with E-state index in [0.717, 1.165) is 24.8 Å². The summed E-state index contributed by atoms with van der Waals surface area (Å²) in [6.45, 7) is 1.16. The highest BCUT2D eigenvalue weighted by Gasteiger charge is 2.05. The van der Waals surface area contributed by atoms with Crippen molar-refractivity contribution in [1.82, 2.24) is 10.6 Å². The van der Waals surface area contributed by atoms with Crippen LogP contribution in [0.2, 0.25) is 0 Å². The van der Waals surface area contributed by atoms with Crippen molar-refractivity contribution in [3.05, 3.63) is 35.9 Å². The van der Waals surface area contributed by atoms with Gasteiger partial charge >= 0.3 is 0 Å². The lowest BCUT2D eigenvalue weighted by Gasteiger charge is -2.07. The van der Waals surface area contributed by atoms with Crippen molar-refractivity contribution in [2.75, 3.05) is 13.1 Å². The molecule has 0 aliphatic rings. The molecule has 5 heteroatoms. The van der Waals surface area contributed by atoms with E-state index in [1.165, 1.54) is 0 Å². The molecule has 20 heavy (non-hydrogen) atoms. The fourth-order valence-corrected chi connectivity index (χ4v) is 1.73. The van der Waals surface area contributed by atoms with Crippen LogP contribution in [0.1, 0.15) is 31.2 Å². The Morgan fingerprint density at radius 3 is 2.40 bits per heavy atom. The minimum absolute atomic E-state index is 0.0303. The van der Waals surface area contributed by atoms with Crippen LogP contribution in [0.3, 0.4) is 0 Å². The topological polar surface area (TPSA) is 84.2 Å². The van der Waals surface area contributed by atoms with Gasteiger partial charge in [0.15, 0.2) is 0 Å². The van der Waals surface area contributed by atoms with E-state index in [2.05, 4.69) is 10.6 Å². The Hall–Kier alpha value is -1.88. The van der Waals surface area contributed by atoms with Crippen LogP contribution in [0, 0.1) is 0 Å². The third kappa shape index (κ3) is 7.53. The van der Waals surface area contributed by atoms with Crippen molar-refractivity contribution in [2.24, 2.45) is 5.73 Å². The molecule has 0 aliphatic heterocycles. The van der Waals surface area contributed by atoms with E-state index < -0.39 is 0 Å². The number of benzene rings is 1. The molecule has 0 aliphatic carbocycles. The van der Waals surface area contributed by atoms with Crippen molar-refractivity contribution < 1.29 is 9.59 Å². The van der Waals surface area contributed by atoms with Crippen LogP contribution in [0.4, 0.5) is 0 Å². The Morgan fingerprint density at radius 2 is 1.70 bits per heavy atom. The van der Waals surface area contributed by atoms with Crippen LogP contribution >= 0.6 is 0 Å². The average Bonchev–Trinajstić information content (AvgIpc) is 2.48. The number of nitrogens with two attached hydrogens (primary N) is 1. The summed E-state index contributed by atoms with van der Waals surface area (Å²) in [5.41, 5.74) is 6.41. The van der Waals surface area contributed by atoms with Gasteiger partial charge in [-0.1, -0.05) is 36.8 Å². The van der Waals surface area contributed by atoms with E-state index in [0.29, 0.717) is 19.5 Å². The summed E-state index contributed by atoms with van der Waals surface area (Å²) in [6.07, 6.45) is 3.15. The minimum atomic E-state index is -0.177. The van der Waals surface area contributed by atoms with E-state index in [1.54, 1.807) is 0 Å². The second-order valence-corrected chi connectivity index (χ2v) is 4.64. The van der Waals surface area contributed by atoms with Gasteiger partial charge in [-0.25, -0.2) is 0 Å². The molecule has 0 spiro atoms. The van der Waals surface area contributed by atoms with Gasteiger partial charge in [-0.3, -0.25) is 9.59 Å².